The van der Waals surface area contributed by atoms with Crippen LogP contribution in [0.3, 0.4) is 0 Å². The van der Waals surface area contributed by atoms with E-state index in [0.717, 1.165) is 24.1 Å². The summed E-state index contributed by atoms with van der Waals surface area (Å²) in [5, 5.41) is 3.68. The molecule has 3 nitrogen and oxygen atoms in total. The number of alkyl halides is 3. The molecular weight excluding hydrogens is 315 g/mol. The highest BCUT2D eigenvalue weighted by molar-refractivity contribution is 6.30. The zero-order valence-corrected chi connectivity index (χ0v) is 13.4. The van der Waals surface area contributed by atoms with Gasteiger partial charge >= 0.3 is 6.18 Å². The number of aromatic nitrogens is 2. The largest absolute Gasteiger partial charge is 0.435 e. The summed E-state index contributed by atoms with van der Waals surface area (Å²) < 4.78 is 40.6. The summed E-state index contributed by atoms with van der Waals surface area (Å²) in [6.07, 6.45) is 2.59. The van der Waals surface area contributed by atoms with Crippen LogP contribution in [0.5, 0.6) is 0 Å². The fraction of sp³-hybridized carbons (Fsp3) is 0.800. The Morgan fingerprint density at radius 2 is 1.86 bits per heavy atom. The third-order valence-corrected chi connectivity index (χ3v) is 5.53. The van der Waals surface area contributed by atoms with Gasteiger partial charge in [0, 0.05) is 25.2 Å². The number of nitrogens with zero attached hydrogens (tertiary/aromatic N) is 3. The lowest BCUT2D eigenvalue weighted by Crippen LogP contribution is -2.34. The Morgan fingerprint density at radius 3 is 2.50 bits per heavy atom. The van der Waals surface area contributed by atoms with Crippen LogP contribution in [0.1, 0.15) is 49.8 Å². The van der Waals surface area contributed by atoms with Gasteiger partial charge in [0.05, 0.1) is 0 Å². The van der Waals surface area contributed by atoms with Crippen molar-refractivity contribution >= 4 is 11.6 Å². The highest BCUT2D eigenvalue weighted by Crippen LogP contribution is 2.39. The lowest BCUT2D eigenvalue weighted by atomic mass is 9.96. The van der Waals surface area contributed by atoms with E-state index in [1.54, 1.807) is 0 Å². The van der Waals surface area contributed by atoms with Crippen molar-refractivity contribution in [2.75, 3.05) is 6.54 Å². The van der Waals surface area contributed by atoms with Gasteiger partial charge in [-0.15, -0.1) is 0 Å². The maximum atomic E-state index is 13.2. The topological polar surface area (TPSA) is 21.1 Å². The van der Waals surface area contributed by atoms with Crippen molar-refractivity contribution < 1.29 is 13.2 Å². The van der Waals surface area contributed by atoms with E-state index in [2.05, 4.69) is 10.00 Å². The number of rotatable bonds is 3. The van der Waals surface area contributed by atoms with E-state index in [-0.39, 0.29) is 17.3 Å². The third-order valence-electron chi connectivity index (χ3n) is 5.06. The molecule has 1 atom stereocenters. The van der Waals surface area contributed by atoms with Crippen LogP contribution in [0.4, 0.5) is 13.2 Å². The average molecular weight is 336 g/mol. The maximum absolute atomic E-state index is 13.2. The molecule has 7 heteroatoms. The van der Waals surface area contributed by atoms with Crippen LogP contribution in [0, 0.1) is 5.92 Å². The predicted molar refractivity (Wildman–Crippen MR) is 78.6 cm³/mol. The molecule has 2 fully saturated rings. The lowest BCUT2D eigenvalue weighted by Gasteiger charge is -2.29. The molecule has 1 aromatic rings. The number of aryl methyl sites for hydroxylation is 1. The molecule has 0 bridgehead atoms. The second kappa shape index (κ2) is 6.04. The van der Waals surface area contributed by atoms with E-state index < -0.39 is 11.9 Å². The quantitative estimate of drug-likeness (QED) is 0.823. The Kier molecular flexibility index (Phi) is 4.42. The van der Waals surface area contributed by atoms with Crippen molar-refractivity contribution in [3.8, 4) is 0 Å². The molecule has 1 saturated heterocycles. The fourth-order valence-corrected chi connectivity index (χ4v) is 4.23. The molecule has 0 N–H and O–H groups in total. The van der Waals surface area contributed by atoms with Crippen molar-refractivity contribution in [2.45, 2.75) is 57.3 Å². The van der Waals surface area contributed by atoms with Gasteiger partial charge in [-0.1, -0.05) is 24.4 Å². The van der Waals surface area contributed by atoms with Crippen molar-refractivity contribution in [1.29, 1.82) is 0 Å². The molecule has 2 aliphatic rings. The maximum Gasteiger partial charge on any atom is 0.435 e. The number of hydrogen-bond acceptors (Lipinski definition) is 2. The minimum Gasteiger partial charge on any atom is -0.296 e. The minimum absolute atomic E-state index is 0.101. The highest BCUT2D eigenvalue weighted by Gasteiger charge is 2.41. The van der Waals surface area contributed by atoms with E-state index in [0.29, 0.717) is 12.0 Å². The van der Waals surface area contributed by atoms with Gasteiger partial charge in [-0.2, -0.15) is 18.3 Å². The van der Waals surface area contributed by atoms with Gasteiger partial charge in [0.2, 0.25) is 0 Å². The zero-order valence-electron chi connectivity index (χ0n) is 12.7. The number of likely N-dealkylation sites (tertiary alicyclic amines) is 1. The lowest BCUT2D eigenvalue weighted by molar-refractivity contribution is -0.142. The summed E-state index contributed by atoms with van der Waals surface area (Å²) in [5.41, 5.74) is -0.710. The molecule has 1 aliphatic carbocycles. The van der Waals surface area contributed by atoms with Crippen molar-refractivity contribution in [3.63, 3.8) is 0 Å². The fourth-order valence-electron chi connectivity index (χ4n) is 4.04. The number of hydrogen-bond donors (Lipinski definition) is 0. The SMILES string of the molecule is Cn1nc(C(F)(F)F)c(CN2CCC[C@H]2C2CCCC2)c1Cl. The average Bonchev–Trinajstić information content (AvgIpc) is 3.14. The van der Waals surface area contributed by atoms with E-state index in [9.17, 15) is 13.2 Å². The van der Waals surface area contributed by atoms with E-state index in [1.807, 2.05) is 0 Å². The first kappa shape index (κ1) is 16.1. The van der Waals surface area contributed by atoms with Gasteiger partial charge in [0.25, 0.3) is 0 Å². The molecule has 0 radical (unpaired) electrons. The Balaban J connectivity index is 1.83. The molecule has 0 amide bonds. The van der Waals surface area contributed by atoms with E-state index >= 15 is 0 Å². The van der Waals surface area contributed by atoms with Crippen LogP contribution in [-0.2, 0) is 19.8 Å². The normalized spacial score (nSPS) is 24.5. The highest BCUT2D eigenvalue weighted by atomic mass is 35.5. The Hall–Kier alpha value is -0.750. The minimum atomic E-state index is -4.46. The summed E-state index contributed by atoms with van der Waals surface area (Å²) in [5.74, 6) is 0.632. The second-order valence-corrected chi connectivity index (χ2v) is 6.82. The summed E-state index contributed by atoms with van der Waals surface area (Å²) in [6, 6.07) is 0.403. The van der Waals surface area contributed by atoms with Gasteiger partial charge in [-0.3, -0.25) is 9.58 Å². The van der Waals surface area contributed by atoms with Gasteiger partial charge in [0.15, 0.2) is 5.69 Å². The monoisotopic (exact) mass is 335 g/mol. The first-order chi connectivity index (χ1) is 10.4. The Bertz CT molecular complexity index is 535. The standard InChI is InChI=1S/C15H21ClF3N3/c1-21-14(16)11(13(20-21)15(17,18)19)9-22-8-4-7-12(22)10-5-2-3-6-10/h10,12H,2-9H2,1H3/t12-/m0/s1. The first-order valence-corrected chi connectivity index (χ1v) is 8.28. The zero-order chi connectivity index (χ0) is 15.9. The van der Waals surface area contributed by atoms with Crippen LogP contribution in [0.25, 0.3) is 0 Å². The summed E-state index contributed by atoms with van der Waals surface area (Å²) in [7, 11) is 1.46. The first-order valence-electron chi connectivity index (χ1n) is 7.90. The molecule has 1 aliphatic heterocycles. The molecular formula is C15H21ClF3N3. The summed E-state index contributed by atoms with van der Waals surface area (Å²) in [4.78, 5) is 2.19. The van der Waals surface area contributed by atoms with Gasteiger partial charge < -0.3 is 0 Å². The van der Waals surface area contributed by atoms with Crippen LogP contribution in [0.2, 0.25) is 5.15 Å². The molecule has 0 spiro atoms. The molecule has 1 aromatic heterocycles. The van der Waals surface area contributed by atoms with E-state index in [1.165, 1.54) is 32.7 Å². The molecule has 2 heterocycles. The molecule has 3 rings (SSSR count). The predicted octanol–water partition coefficient (Wildman–Crippen LogP) is 4.25. The molecule has 22 heavy (non-hydrogen) atoms. The smallest absolute Gasteiger partial charge is 0.296 e. The summed E-state index contributed by atoms with van der Waals surface area (Å²) >= 11 is 6.08. The molecule has 124 valence electrons. The van der Waals surface area contributed by atoms with Crippen LogP contribution in [0.15, 0.2) is 0 Å². The van der Waals surface area contributed by atoms with Crippen molar-refractivity contribution in [3.05, 3.63) is 16.4 Å². The second-order valence-electron chi connectivity index (χ2n) is 6.46. The van der Waals surface area contributed by atoms with Crippen LogP contribution in [-0.4, -0.2) is 27.3 Å². The summed E-state index contributed by atoms with van der Waals surface area (Å²) in [6.45, 7) is 1.10. The third kappa shape index (κ3) is 3.00. The van der Waals surface area contributed by atoms with Crippen LogP contribution >= 0.6 is 11.6 Å². The Labute approximate surface area is 133 Å². The van der Waals surface area contributed by atoms with Crippen LogP contribution < -0.4 is 0 Å². The molecule has 0 unspecified atom stereocenters. The van der Waals surface area contributed by atoms with E-state index in [4.69, 9.17) is 11.6 Å². The van der Waals surface area contributed by atoms with Gasteiger partial charge in [-0.05, 0) is 38.1 Å². The Morgan fingerprint density at radius 1 is 1.18 bits per heavy atom. The number of halogens is 4. The van der Waals surface area contributed by atoms with Gasteiger partial charge in [0.1, 0.15) is 5.15 Å². The van der Waals surface area contributed by atoms with Gasteiger partial charge in [-0.25, -0.2) is 0 Å². The molecule has 1 saturated carbocycles. The van der Waals surface area contributed by atoms with Crippen molar-refractivity contribution in [2.24, 2.45) is 13.0 Å². The van der Waals surface area contributed by atoms with Crippen molar-refractivity contribution in [1.82, 2.24) is 14.7 Å². The molecule has 0 aromatic carbocycles.